The molecule has 1 aromatic carbocycles. The summed E-state index contributed by atoms with van der Waals surface area (Å²) in [5, 5.41) is 3.66. The zero-order valence-electron chi connectivity index (χ0n) is 9.20. The Bertz CT molecular complexity index is 500. The first-order valence-electron chi connectivity index (χ1n) is 4.97. The van der Waals surface area contributed by atoms with Crippen molar-refractivity contribution in [3.63, 3.8) is 0 Å². The van der Waals surface area contributed by atoms with E-state index in [1.807, 2.05) is 43.5 Å². The van der Waals surface area contributed by atoms with Gasteiger partial charge in [-0.2, -0.15) is 0 Å². The lowest BCUT2D eigenvalue weighted by molar-refractivity contribution is 0.551. The number of aromatic nitrogens is 1. The van der Waals surface area contributed by atoms with Crippen molar-refractivity contribution in [2.75, 3.05) is 0 Å². The van der Waals surface area contributed by atoms with Gasteiger partial charge >= 0.3 is 0 Å². The number of rotatable bonds is 2. The van der Waals surface area contributed by atoms with Crippen LogP contribution in [0.15, 0.2) is 29.6 Å². The topological polar surface area (TPSA) is 38.9 Å². The van der Waals surface area contributed by atoms with Gasteiger partial charge in [0.15, 0.2) is 0 Å². The highest BCUT2D eigenvalue weighted by Crippen LogP contribution is 2.28. The summed E-state index contributed by atoms with van der Waals surface area (Å²) in [6.07, 6.45) is 0. The van der Waals surface area contributed by atoms with Crippen molar-refractivity contribution in [1.29, 1.82) is 0 Å². The van der Waals surface area contributed by atoms with E-state index < -0.39 is 0 Å². The molecule has 1 heterocycles. The molecule has 0 aliphatic heterocycles. The van der Waals surface area contributed by atoms with Crippen LogP contribution in [0.4, 0.5) is 0 Å². The van der Waals surface area contributed by atoms with Gasteiger partial charge in [-0.05, 0) is 26.0 Å². The molecule has 0 unspecified atom stereocenters. The average Bonchev–Trinajstić information content (AvgIpc) is 2.65. The molecule has 84 valence electrons. The van der Waals surface area contributed by atoms with E-state index in [-0.39, 0.29) is 5.54 Å². The summed E-state index contributed by atoms with van der Waals surface area (Å²) in [6, 6.07) is 7.67. The molecule has 2 N–H and O–H groups in total. The third-order valence-corrected chi connectivity index (χ3v) is 3.59. The van der Waals surface area contributed by atoms with Gasteiger partial charge < -0.3 is 5.73 Å². The van der Waals surface area contributed by atoms with Gasteiger partial charge in [-0.25, -0.2) is 4.98 Å². The van der Waals surface area contributed by atoms with Crippen LogP contribution in [0.5, 0.6) is 0 Å². The Balaban J connectivity index is 2.39. The second-order valence-electron chi connectivity index (χ2n) is 4.27. The Labute approximate surface area is 104 Å². The summed E-state index contributed by atoms with van der Waals surface area (Å²) in [5.74, 6) is 0. The van der Waals surface area contributed by atoms with Crippen LogP contribution in [0.1, 0.15) is 18.9 Å². The minimum Gasteiger partial charge on any atom is -0.320 e. The summed E-state index contributed by atoms with van der Waals surface area (Å²) in [5.41, 5.74) is 7.57. The molecule has 2 aromatic rings. The average molecular weight is 253 g/mol. The Morgan fingerprint density at radius 2 is 2.12 bits per heavy atom. The van der Waals surface area contributed by atoms with Crippen molar-refractivity contribution in [2.45, 2.75) is 19.4 Å². The first-order chi connectivity index (χ1) is 7.47. The minimum absolute atomic E-state index is 0.387. The lowest BCUT2D eigenvalue weighted by Gasteiger charge is -2.13. The van der Waals surface area contributed by atoms with Gasteiger partial charge in [0, 0.05) is 16.0 Å². The number of thiazole rings is 1. The first-order valence-corrected chi connectivity index (χ1v) is 6.23. The van der Waals surface area contributed by atoms with E-state index >= 15 is 0 Å². The summed E-state index contributed by atoms with van der Waals surface area (Å²) >= 11 is 7.52. The smallest absolute Gasteiger partial charge is 0.113 e. The fourth-order valence-electron chi connectivity index (χ4n) is 1.35. The van der Waals surface area contributed by atoms with Crippen molar-refractivity contribution in [2.24, 2.45) is 5.73 Å². The van der Waals surface area contributed by atoms with Crippen LogP contribution in [0.2, 0.25) is 5.02 Å². The van der Waals surface area contributed by atoms with Crippen molar-refractivity contribution in [1.82, 2.24) is 4.98 Å². The lowest BCUT2D eigenvalue weighted by Crippen LogP contribution is -2.28. The predicted molar refractivity (Wildman–Crippen MR) is 69.8 cm³/mol. The van der Waals surface area contributed by atoms with Crippen LogP contribution in [0.25, 0.3) is 11.3 Å². The molecule has 0 saturated carbocycles. The standard InChI is InChI=1S/C12H13ClN2S/c1-12(2,14)11-15-10(7-16-11)8-4-3-5-9(13)6-8/h3-7H,14H2,1-2H3. The summed E-state index contributed by atoms with van der Waals surface area (Å²) in [7, 11) is 0. The monoisotopic (exact) mass is 252 g/mol. The molecule has 0 spiro atoms. The molecule has 2 rings (SSSR count). The van der Waals surface area contributed by atoms with E-state index in [2.05, 4.69) is 4.98 Å². The zero-order chi connectivity index (χ0) is 11.8. The van der Waals surface area contributed by atoms with Crippen LogP contribution >= 0.6 is 22.9 Å². The molecular weight excluding hydrogens is 240 g/mol. The predicted octanol–water partition coefficient (Wildman–Crippen LogP) is 3.66. The van der Waals surface area contributed by atoms with E-state index in [9.17, 15) is 0 Å². The molecule has 0 aliphatic carbocycles. The van der Waals surface area contributed by atoms with Crippen molar-refractivity contribution in [3.8, 4) is 11.3 Å². The molecule has 1 aromatic heterocycles. The number of benzene rings is 1. The summed E-state index contributed by atoms with van der Waals surface area (Å²) in [6.45, 7) is 3.90. The van der Waals surface area contributed by atoms with E-state index in [1.54, 1.807) is 11.3 Å². The molecule has 0 saturated heterocycles. The van der Waals surface area contributed by atoms with Gasteiger partial charge in [0.05, 0.1) is 11.2 Å². The normalized spacial score (nSPS) is 11.8. The maximum Gasteiger partial charge on any atom is 0.113 e. The molecule has 0 amide bonds. The molecule has 0 bridgehead atoms. The highest BCUT2D eigenvalue weighted by Gasteiger charge is 2.18. The van der Waals surface area contributed by atoms with Gasteiger partial charge in [0.25, 0.3) is 0 Å². The van der Waals surface area contributed by atoms with Crippen molar-refractivity contribution < 1.29 is 0 Å². The second kappa shape index (κ2) is 4.17. The first kappa shape index (κ1) is 11.6. The van der Waals surface area contributed by atoms with Gasteiger partial charge in [-0.1, -0.05) is 23.7 Å². The van der Waals surface area contributed by atoms with Crippen molar-refractivity contribution >= 4 is 22.9 Å². The minimum atomic E-state index is -0.387. The largest absolute Gasteiger partial charge is 0.320 e. The summed E-state index contributed by atoms with van der Waals surface area (Å²) in [4.78, 5) is 4.53. The Morgan fingerprint density at radius 1 is 1.38 bits per heavy atom. The van der Waals surface area contributed by atoms with Crippen LogP contribution in [-0.2, 0) is 5.54 Å². The number of hydrogen-bond acceptors (Lipinski definition) is 3. The molecule has 0 atom stereocenters. The van der Waals surface area contributed by atoms with Crippen molar-refractivity contribution in [3.05, 3.63) is 39.7 Å². The SMILES string of the molecule is CC(C)(N)c1nc(-c2cccc(Cl)c2)cs1. The summed E-state index contributed by atoms with van der Waals surface area (Å²) < 4.78 is 0. The fourth-order valence-corrected chi connectivity index (χ4v) is 2.41. The molecule has 16 heavy (non-hydrogen) atoms. The number of halogens is 1. The molecule has 2 nitrogen and oxygen atoms in total. The molecule has 0 radical (unpaired) electrons. The van der Waals surface area contributed by atoms with Gasteiger partial charge in [0.2, 0.25) is 0 Å². The molecular formula is C12H13ClN2S. The van der Waals surface area contributed by atoms with Crippen LogP contribution in [0, 0.1) is 0 Å². The molecule has 0 aliphatic rings. The van der Waals surface area contributed by atoms with Crippen LogP contribution < -0.4 is 5.73 Å². The maximum absolute atomic E-state index is 6.00. The third kappa shape index (κ3) is 2.43. The molecule has 4 heteroatoms. The van der Waals surface area contributed by atoms with E-state index in [0.29, 0.717) is 0 Å². The highest BCUT2D eigenvalue weighted by atomic mass is 35.5. The third-order valence-electron chi connectivity index (χ3n) is 2.18. The van der Waals surface area contributed by atoms with Gasteiger partial charge in [0.1, 0.15) is 5.01 Å². The van der Waals surface area contributed by atoms with Crippen LogP contribution in [-0.4, -0.2) is 4.98 Å². The molecule has 0 fully saturated rings. The van der Waals surface area contributed by atoms with Gasteiger partial charge in [-0.15, -0.1) is 11.3 Å². The Morgan fingerprint density at radius 3 is 2.69 bits per heavy atom. The Kier molecular flexibility index (Phi) is 3.02. The second-order valence-corrected chi connectivity index (χ2v) is 5.56. The van der Waals surface area contributed by atoms with E-state index in [0.717, 1.165) is 21.3 Å². The fraction of sp³-hybridized carbons (Fsp3) is 0.250. The Hall–Kier alpha value is -0.900. The maximum atomic E-state index is 6.00. The number of nitrogens with two attached hydrogens (primary N) is 1. The quantitative estimate of drug-likeness (QED) is 0.886. The highest BCUT2D eigenvalue weighted by molar-refractivity contribution is 7.10. The number of hydrogen-bond donors (Lipinski definition) is 1. The lowest BCUT2D eigenvalue weighted by atomic mass is 10.1. The van der Waals surface area contributed by atoms with E-state index in [1.165, 1.54) is 0 Å². The van der Waals surface area contributed by atoms with E-state index in [4.69, 9.17) is 17.3 Å². The van der Waals surface area contributed by atoms with Crippen LogP contribution in [0.3, 0.4) is 0 Å². The number of nitrogens with zero attached hydrogens (tertiary/aromatic N) is 1. The zero-order valence-corrected chi connectivity index (χ0v) is 10.8. The van der Waals surface area contributed by atoms with Gasteiger partial charge in [-0.3, -0.25) is 0 Å².